The molecule has 1 fully saturated rings. The Morgan fingerprint density at radius 3 is 2.78 bits per heavy atom. The maximum absolute atomic E-state index is 13.9. The molecule has 5 rings (SSSR count). The molecule has 8 heteroatoms. The summed E-state index contributed by atoms with van der Waals surface area (Å²) in [6.07, 6.45) is 4.75. The highest BCUT2D eigenvalue weighted by Crippen LogP contribution is 2.33. The summed E-state index contributed by atoms with van der Waals surface area (Å²) < 4.78 is 21.0. The number of halogens is 1. The normalized spacial score (nSPS) is 14.6. The van der Waals surface area contributed by atoms with Gasteiger partial charge in [0.05, 0.1) is 5.69 Å². The van der Waals surface area contributed by atoms with E-state index in [1.165, 1.54) is 6.07 Å². The van der Waals surface area contributed by atoms with Crippen LogP contribution in [-0.2, 0) is 9.53 Å². The zero-order chi connectivity index (χ0) is 22.1. The minimum atomic E-state index is -0.265. The van der Waals surface area contributed by atoms with Crippen molar-refractivity contribution in [3.63, 3.8) is 0 Å². The standard InChI is InChI=1S/C24H22FN5O2/c1-15-13-17(4-5-19(15)25)22-23(30-21(29-22)3-2-9-27-30)18-6-10-26-20(14-18)28-24(31)16-7-11-32-12-8-16/h2-6,9-10,13-14,16H,7-8,11-12H2,1H3,(H,26,28,31). The molecule has 1 saturated heterocycles. The van der Waals surface area contributed by atoms with E-state index in [4.69, 9.17) is 9.72 Å². The first kappa shape index (κ1) is 20.3. The van der Waals surface area contributed by atoms with Gasteiger partial charge in [0.2, 0.25) is 5.91 Å². The molecule has 0 unspecified atom stereocenters. The highest BCUT2D eigenvalue weighted by molar-refractivity contribution is 5.92. The lowest BCUT2D eigenvalue weighted by Gasteiger charge is -2.21. The minimum absolute atomic E-state index is 0.0522. The fourth-order valence-electron chi connectivity index (χ4n) is 3.98. The molecule has 0 spiro atoms. The summed E-state index contributed by atoms with van der Waals surface area (Å²) in [4.78, 5) is 21.7. The Hall–Kier alpha value is -3.65. The molecule has 162 valence electrons. The molecule has 0 aliphatic carbocycles. The van der Waals surface area contributed by atoms with Gasteiger partial charge in [-0.25, -0.2) is 18.9 Å². The Kier molecular flexibility index (Phi) is 5.36. The molecular formula is C24H22FN5O2. The summed E-state index contributed by atoms with van der Waals surface area (Å²) in [7, 11) is 0. The lowest BCUT2D eigenvalue weighted by Crippen LogP contribution is -2.28. The summed E-state index contributed by atoms with van der Waals surface area (Å²) in [5, 5.41) is 7.40. The van der Waals surface area contributed by atoms with Gasteiger partial charge in [-0.15, -0.1) is 0 Å². The molecule has 0 radical (unpaired) electrons. The summed E-state index contributed by atoms with van der Waals surface area (Å²) in [6, 6.07) is 12.3. The van der Waals surface area contributed by atoms with Crippen LogP contribution in [-0.4, -0.2) is 38.7 Å². The summed E-state index contributed by atoms with van der Waals surface area (Å²) >= 11 is 0. The van der Waals surface area contributed by atoms with Crippen molar-refractivity contribution in [2.45, 2.75) is 19.8 Å². The largest absolute Gasteiger partial charge is 0.381 e. The third-order valence-corrected chi connectivity index (χ3v) is 5.70. The first-order valence-corrected chi connectivity index (χ1v) is 10.6. The van der Waals surface area contributed by atoms with E-state index in [-0.39, 0.29) is 17.6 Å². The second kappa shape index (κ2) is 8.47. The number of carbonyl (C=O) groups excluding carboxylic acids is 1. The lowest BCUT2D eigenvalue weighted by molar-refractivity contribution is -0.122. The second-order valence-corrected chi connectivity index (χ2v) is 7.87. The molecule has 1 amide bonds. The number of anilines is 1. The Balaban J connectivity index is 1.56. The first-order valence-electron chi connectivity index (χ1n) is 10.6. The predicted octanol–water partition coefficient (Wildman–Crippen LogP) is 4.27. The average molecular weight is 431 g/mol. The number of imidazole rings is 1. The van der Waals surface area contributed by atoms with Crippen LogP contribution in [0.25, 0.3) is 28.2 Å². The van der Waals surface area contributed by atoms with Crippen molar-refractivity contribution in [2.75, 3.05) is 18.5 Å². The van der Waals surface area contributed by atoms with Crippen molar-refractivity contribution in [3.8, 4) is 22.5 Å². The van der Waals surface area contributed by atoms with Gasteiger partial charge >= 0.3 is 0 Å². The zero-order valence-corrected chi connectivity index (χ0v) is 17.6. The summed E-state index contributed by atoms with van der Waals surface area (Å²) in [5.41, 5.74) is 4.22. The molecule has 3 aromatic heterocycles. The van der Waals surface area contributed by atoms with Crippen molar-refractivity contribution in [2.24, 2.45) is 5.92 Å². The van der Waals surface area contributed by atoms with Crippen LogP contribution in [0.4, 0.5) is 10.2 Å². The van der Waals surface area contributed by atoms with Gasteiger partial charge in [0.15, 0.2) is 5.65 Å². The smallest absolute Gasteiger partial charge is 0.228 e. The molecule has 0 atom stereocenters. The molecular weight excluding hydrogens is 409 g/mol. The topological polar surface area (TPSA) is 81.4 Å². The summed E-state index contributed by atoms with van der Waals surface area (Å²) in [5.74, 6) is 0.0679. The number of rotatable bonds is 4. The maximum Gasteiger partial charge on any atom is 0.228 e. The lowest BCUT2D eigenvalue weighted by atomic mass is 9.99. The maximum atomic E-state index is 13.9. The third kappa shape index (κ3) is 3.85. The highest BCUT2D eigenvalue weighted by atomic mass is 19.1. The number of aromatic nitrogens is 4. The van der Waals surface area contributed by atoms with Gasteiger partial charge in [0.25, 0.3) is 0 Å². The fourth-order valence-corrected chi connectivity index (χ4v) is 3.98. The van der Waals surface area contributed by atoms with Gasteiger partial charge in [0.1, 0.15) is 17.3 Å². The van der Waals surface area contributed by atoms with E-state index < -0.39 is 0 Å². The van der Waals surface area contributed by atoms with Crippen LogP contribution in [0, 0.1) is 18.7 Å². The number of carbonyl (C=O) groups is 1. The number of nitrogens with one attached hydrogen (secondary N) is 1. The Morgan fingerprint density at radius 1 is 1.12 bits per heavy atom. The Bertz CT molecular complexity index is 1300. The fraction of sp³-hybridized carbons (Fsp3) is 0.250. The average Bonchev–Trinajstić information content (AvgIpc) is 3.21. The number of nitrogens with zero attached hydrogens (tertiary/aromatic N) is 4. The second-order valence-electron chi connectivity index (χ2n) is 7.87. The van der Waals surface area contributed by atoms with E-state index in [2.05, 4.69) is 15.4 Å². The van der Waals surface area contributed by atoms with E-state index in [0.717, 1.165) is 16.8 Å². The number of aryl methyl sites for hydroxylation is 1. The van der Waals surface area contributed by atoms with E-state index in [1.54, 1.807) is 36.0 Å². The third-order valence-electron chi connectivity index (χ3n) is 5.70. The molecule has 1 aliphatic heterocycles. The van der Waals surface area contributed by atoms with Crippen LogP contribution in [0.1, 0.15) is 18.4 Å². The van der Waals surface area contributed by atoms with Gasteiger partial charge < -0.3 is 10.1 Å². The minimum Gasteiger partial charge on any atom is -0.381 e. The molecule has 1 N–H and O–H groups in total. The van der Waals surface area contributed by atoms with Crippen molar-refractivity contribution in [3.05, 3.63) is 66.2 Å². The SMILES string of the molecule is Cc1cc(-c2nc3cccnn3c2-c2ccnc(NC(=O)C3CCOCC3)c2)ccc1F. The quantitative estimate of drug-likeness (QED) is 0.522. The van der Waals surface area contributed by atoms with Gasteiger partial charge in [-0.3, -0.25) is 4.79 Å². The van der Waals surface area contributed by atoms with E-state index in [0.29, 0.717) is 48.8 Å². The molecule has 1 aliphatic rings. The van der Waals surface area contributed by atoms with E-state index in [9.17, 15) is 9.18 Å². The van der Waals surface area contributed by atoms with Crippen molar-refractivity contribution in [1.29, 1.82) is 0 Å². The molecule has 4 heterocycles. The Morgan fingerprint density at radius 2 is 1.97 bits per heavy atom. The Labute approximate surface area is 184 Å². The molecule has 0 saturated carbocycles. The van der Waals surface area contributed by atoms with E-state index in [1.807, 2.05) is 24.3 Å². The molecule has 7 nitrogen and oxygen atoms in total. The van der Waals surface area contributed by atoms with Crippen LogP contribution in [0.3, 0.4) is 0 Å². The number of ether oxygens (including phenoxy) is 1. The first-order chi connectivity index (χ1) is 15.6. The summed E-state index contributed by atoms with van der Waals surface area (Å²) in [6.45, 7) is 2.92. The number of amides is 1. The number of benzene rings is 1. The van der Waals surface area contributed by atoms with Crippen molar-refractivity contribution in [1.82, 2.24) is 19.6 Å². The molecule has 0 bridgehead atoms. The monoisotopic (exact) mass is 431 g/mol. The number of fused-ring (bicyclic) bond motifs is 1. The van der Waals surface area contributed by atoms with Crippen LogP contribution in [0.2, 0.25) is 0 Å². The number of hydrogen-bond donors (Lipinski definition) is 1. The molecule has 4 aromatic rings. The van der Waals surface area contributed by atoms with Crippen LogP contribution in [0.5, 0.6) is 0 Å². The predicted molar refractivity (Wildman–Crippen MR) is 119 cm³/mol. The highest BCUT2D eigenvalue weighted by Gasteiger charge is 2.23. The number of hydrogen-bond acceptors (Lipinski definition) is 5. The van der Waals surface area contributed by atoms with Crippen LogP contribution in [0.15, 0.2) is 54.9 Å². The van der Waals surface area contributed by atoms with Gasteiger partial charge in [-0.05, 0) is 67.8 Å². The van der Waals surface area contributed by atoms with Crippen LogP contribution >= 0.6 is 0 Å². The van der Waals surface area contributed by atoms with Crippen molar-refractivity contribution >= 4 is 17.4 Å². The number of pyridine rings is 1. The van der Waals surface area contributed by atoms with Crippen LogP contribution < -0.4 is 5.32 Å². The zero-order valence-electron chi connectivity index (χ0n) is 17.6. The van der Waals surface area contributed by atoms with Gasteiger partial charge in [-0.1, -0.05) is 0 Å². The molecule has 32 heavy (non-hydrogen) atoms. The molecule has 1 aromatic carbocycles. The van der Waals surface area contributed by atoms with E-state index >= 15 is 0 Å². The van der Waals surface area contributed by atoms with Gasteiger partial charge in [-0.2, -0.15) is 5.10 Å². The van der Waals surface area contributed by atoms with Crippen molar-refractivity contribution < 1.29 is 13.9 Å². The van der Waals surface area contributed by atoms with Gasteiger partial charge in [0, 0.05) is 42.7 Å².